The molecule has 0 aliphatic rings. The minimum atomic E-state index is -1.48. The standard InChI is InChI=1S/C31H54O6/c1-5-9-11-13-15-17-19-21-23-35-28-26(8-4)25(7-3)27(32)29(37-31(33)34)30(28)36-24-22-20-18-16-14-12-10-6-2/h32H,5-24H2,1-4H3,(H,33,34). The second-order valence-electron chi connectivity index (χ2n) is 10.0. The fraction of sp³-hybridized carbons (Fsp3) is 0.774. The molecule has 0 fully saturated rings. The molecule has 0 saturated heterocycles. The van der Waals surface area contributed by atoms with Gasteiger partial charge in [-0.2, -0.15) is 0 Å². The molecule has 0 spiro atoms. The molecule has 0 heterocycles. The monoisotopic (exact) mass is 522 g/mol. The Morgan fingerprint density at radius 2 is 0.973 bits per heavy atom. The first-order valence-electron chi connectivity index (χ1n) is 15.1. The fourth-order valence-electron chi connectivity index (χ4n) is 4.81. The van der Waals surface area contributed by atoms with E-state index in [2.05, 4.69) is 13.8 Å². The first-order valence-corrected chi connectivity index (χ1v) is 15.1. The molecule has 0 aromatic heterocycles. The molecule has 0 unspecified atom stereocenters. The van der Waals surface area contributed by atoms with Crippen LogP contribution in [0.15, 0.2) is 0 Å². The van der Waals surface area contributed by atoms with Crippen LogP contribution in [0, 0.1) is 0 Å². The summed E-state index contributed by atoms with van der Waals surface area (Å²) in [5, 5.41) is 20.3. The minimum Gasteiger partial charge on any atom is -0.504 e. The lowest BCUT2D eigenvalue weighted by Gasteiger charge is -2.22. The maximum Gasteiger partial charge on any atom is 0.511 e. The van der Waals surface area contributed by atoms with E-state index in [9.17, 15) is 15.0 Å². The van der Waals surface area contributed by atoms with E-state index in [1.165, 1.54) is 70.6 Å². The number of benzene rings is 1. The second kappa shape index (κ2) is 20.9. The van der Waals surface area contributed by atoms with Crippen LogP contribution < -0.4 is 14.2 Å². The summed E-state index contributed by atoms with van der Waals surface area (Å²) in [6.45, 7) is 9.35. The Morgan fingerprint density at radius 1 is 0.568 bits per heavy atom. The van der Waals surface area contributed by atoms with Crippen LogP contribution in [0.2, 0.25) is 0 Å². The van der Waals surface area contributed by atoms with E-state index in [1.807, 2.05) is 13.8 Å². The molecule has 6 nitrogen and oxygen atoms in total. The summed E-state index contributed by atoms with van der Waals surface area (Å²) in [5.41, 5.74) is 1.52. The molecule has 1 aromatic carbocycles. The second-order valence-corrected chi connectivity index (χ2v) is 10.0. The summed E-state index contributed by atoms with van der Waals surface area (Å²) in [6, 6.07) is 0. The van der Waals surface area contributed by atoms with Crippen LogP contribution in [0.25, 0.3) is 0 Å². The van der Waals surface area contributed by atoms with E-state index in [-0.39, 0.29) is 17.2 Å². The highest BCUT2D eigenvalue weighted by Gasteiger charge is 2.27. The summed E-state index contributed by atoms with van der Waals surface area (Å²) >= 11 is 0. The van der Waals surface area contributed by atoms with Crippen molar-refractivity contribution in [1.82, 2.24) is 0 Å². The summed E-state index contributed by atoms with van der Waals surface area (Å²) in [4.78, 5) is 11.5. The molecule has 6 heteroatoms. The molecule has 1 rings (SSSR count). The molecule has 0 aliphatic carbocycles. The molecular weight excluding hydrogens is 468 g/mol. The Bertz CT molecular complexity index is 746. The summed E-state index contributed by atoms with van der Waals surface area (Å²) in [6.07, 6.45) is 18.8. The fourth-order valence-corrected chi connectivity index (χ4v) is 4.81. The van der Waals surface area contributed by atoms with Crippen molar-refractivity contribution in [3.8, 4) is 23.0 Å². The van der Waals surface area contributed by atoms with Gasteiger partial charge in [0.05, 0.1) is 13.2 Å². The lowest BCUT2D eigenvalue weighted by molar-refractivity contribution is 0.139. The van der Waals surface area contributed by atoms with Crippen LogP contribution in [0.5, 0.6) is 23.0 Å². The number of hydrogen-bond acceptors (Lipinski definition) is 5. The highest BCUT2D eigenvalue weighted by molar-refractivity contribution is 5.72. The van der Waals surface area contributed by atoms with Crippen molar-refractivity contribution in [2.75, 3.05) is 13.2 Å². The number of aromatic hydroxyl groups is 1. The first kappa shape index (κ1) is 32.9. The topological polar surface area (TPSA) is 85.2 Å². The van der Waals surface area contributed by atoms with Gasteiger partial charge in [-0.25, -0.2) is 4.79 Å². The number of rotatable bonds is 23. The number of hydrogen-bond donors (Lipinski definition) is 2. The number of unbranched alkanes of at least 4 members (excludes halogenated alkanes) is 14. The predicted molar refractivity (Wildman–Crippen MR) is 152 cm³/mol. The van der Waals surface area contributed by atoms with E-state index < -0.39 is 6.16 Å². The zero-order chi connectivity index (χ0) is 27.3. The zero-order valence-electron chi connectivity index (χ0n) is 24.2. The Hall–Kier alpha value is -2.11. The number of phenolic OH excluding ortho intramolecular Hbond substituents is 1. The summed E-state index contributed by atoms with van der Waals surface area (Å²) in [5.74, 6) is 0.437. The summed E-state index contributed by atoms with van der Waals surface area (Å²) < 4.78 is 17.4. The van der Waals surface area contributed by atoms with Crippen molar-refractivity contribution >= 4 is 6.16 Å². The van der Waals surface area contributed by atoms with Crippen molar-refractivity contribution in [3.63, 3.8) is 0 Å². The molecule has 0 radical (unpaired) electrons. The van der Waals surface area contributed by atoms with Gasteiger partial charge in [-0.05, 0) is 25.7 Å². The normalized spacial score (nSPS) is 11.0. The van der Waals surface area contributed by atoms with Crippen LogP contribution in [0.3, 0.4) is 0 Å². The van der Waals surface area contributed by atoms with Gasteiger partial charge in [-0.3, -0.25) is 0 Å². The number of carbonyl (C=O) groups is 1. The average molecular weight is 523 g/mol. The molecule has 214 valence electrons. The van der Waals surface area contributed by atoms with Gasteiger partial charge in [0.1, 0.15) is 0 Å². The number of carboxylic acid groups (broad SMARTS) is 1. The average Bonchev–Trinajstić information content (AvgIpc) is 2.88. The minimum absolute atomic E-state index is 0.146. The van der Waals surface area contributed by atoms with Gasteiger partial charge in [0.25, 0.3) is 0 Å². The third kappa shape index (κ3) is 12.8. The third-order valence-corrected chi connectivity index (χ3v) is 6.94. The molecule has 0 atom stereocenters. The maximum atomic E-state index is 11.5. The van der Waals surface area contributed by atoms with Gasteiger partial charge in [0.2, 0.25) is 11.5 Å². The Morgan fingerprint density at radius 3 is 1.38 bits per heavy atom. The van der Waals surface area contributed by atoms with E-state index in [1.54, 1.807) is 0 Å². The summed E-state index contributed by atoms with van der Waals surface area (Å²) in [7, 11) is 0. The van der Waals surface area contributed by atoms with Gasteiger partial charge in [0.15, 0.2) is 11.5 Å². The van der Waals surface area contributed by atoms with E-state index in [0.29, 0.717) is 37.4 Å². The van der Waals surface area contributed by atoms with Crippen molar-refractivity contribution in [2.45, 2.75) is 143 Å². The molecule has 1 aromatic rings. The van der Waals surface area contributed by atoms with Crippen molar-refractivity contribution in [2.24, 2.45) is 0 Å². The van der Waals surface area contributed by atoms with Crippen LogP contribution >= 0.6 is 0 Å². The van der Waals surface area contributed by atoms with Gasteiger partial charge in [-0.1, -0.05) is 118 Å². The molecular formula is C31H54O6. The molecule has 0 amide bonds. The van der Waals surface area contributed by atoms with Crippen LogP contribution in [-0.4, -0.2) is 29.6 Å². The lowest BCUT2D eigenvalue weighted by atomic mass is 9.99. The predicted octanol–water partition coefficient (Wildman–Crippen LogP) is 9.61. The number of phenols is 1. The van der Waals surface area contributed by atoms with Gasteiger partial charge >= 0.3 is 6.16 Å². The van der Waals surface area contributed by atoms with Gasteiger partial charge < -0.3 is 24.4 Å². The van der Waals surface area contributed by atoms with Crippen LogP contribution in [0.1, 0.15) is 142 Å². The molecule has 0 aliphatic heterocycles. The smallest absolute Gasteiger partial charge is 0.504 e. The Labute approximate surface area is 226 Å². The lowest BCUT2D eigenvalue weighted by Crippen LogP contribution is -2.11. The molecule has 0 bridgehead atoms. The molecule has 0 saturated carbocycles. The SMILES string of the molecule is CCCCCCCCCCOc1c(CC)c(CC)c(O)c(OC(=O)O)c1OCCCCCCCCCC. The van der Waals surface area contributed by atoms with Gasteiger partial charge in [-0.15, -0.1) is 0 Å². The van der Waals surface area contributed by atoms with Gasteiger partial charge in [0, 0.05) is 11.1 Å². The van der Waals surface area contributed by atoms with E-state index in [4.69, 9.17) is 14.2 Å². The highest BCUT2D eigenvalue weighted by Crippen LogP contribution is 2.50. The largest absolute Gasteiger partial charge is 0.511 e. The third-order valence-electron chi connectivity index (χ3n) is 6.94. The first-order chi connectivity index (χ1) is 18.0. The van der Waals surface area contributed by atoms with Crippen molar-refractivity contribution in [1.29, 1.82) is 0 Å². The Balaban J connectivity index is 2.86. The molecule has 2 N–H and O–H groups in total. The Kier molecular flexibility index (Phi) is 18.6. The van der Waals surface area contributed by atoms with Crippen molar-refractivity contribution in [3.05, 3.63) is 11.1 Å². The zero-order valence-corrected chi connectivity index (χ0v) is 24.2. The highest BCUT2D eigenvalue weighted by atomic mass is 16.7. The van der Waals surface area contributed by atoms with E-state index in [0.717, 1.165) is 37.7 Å². The maximum absolute atomic E-state index is 11.5. The quantitative estimate of drug-likeness (QED) is 0.0845. The number of ether oxygens (including phenoxy) is 3. The van der Waals surface area contributed by atoms with Crippen LogP contribution in [0.4, 0.5) is 4.79 Å². The molecule has 37 heavy (non-hydrogen) atoms. The van der Waals surface area contributed by atoms with E-state index >= 15 is 0 Å². The van der Waals surface area contributed by atoms with Crippen LogP contribution in [-0.2, 0) is 12.8 Å². The van der Waals surface area contributed by atoms with Crippen molar-refractivity contribution < 1.29 is 29.2 Å².